The first-order valence-corrected chi connectivity index (χ1v) is 10.7. The monoisotopic (exact) mass is 491 g/mol. The lowest BCUT2D eigenvalue weighted by Crippen LogP contribution is -2.21. The van der Waals surface area contributed by atoms with Crippen LogP contribution in [0.3, 0.4) is 0 Å². The fourth-order valence-corrected chi connectivity index (χ4v) is 3.82. The van der Waals surface area contributed by atoms with E-state index >= 15 is 0 Å². The number of nitrogens with zero attached hydrogens (tertiary/aromatic N) is 1. The van der Waals surface area contributed by atoms with Crippen molar-refractivity contribution < 1.29 is 14.7 Å². The molecule has 6 nitrogen and oxygen atoms in total. The van der Waals surface area contributed by atoms with E-state index in [-0.39, 0.29) is 40.0 Å². The van der Waals surface area contributed by atoms with Gasteiger partial charge in [0.15, 0.2) is 0 Å². The first-order valence-electron chi connectivity index (χ1n) is 9.57. The Balaban J connectivity index is 1.70. The van der Waals surface area contributed by atoms with E-state index in [4.69, 9.17) is 34.8 Å². The number of rotatable bonds is 7. The average Bonchev–Trinajstić information content (AvgIpc) is 3.27. The number of nitrogens with one attached hydrogen (secondary N) is 2. The molecule has 0 unspecified atom stereocenters. The number of benzene rings is 2. The molecule has 0 saturated carbocycles. The van der Waals surface area contributed by atoms with E-state index in [1.165, 1.54) is 6.08 Å². The van der Waals surface area contributed by atoms with Gasteiger partial charge in [-0.1, -0.05) is 46.9 Å². The molecule has 3 rings (SSSR count). The Morgan fingerprint density at radius 1 is 1.09 bits per heavy atom. The third-order valence-electron chi connectivity index (χ3n) is 4.75. The van der Waals surface area contributed by atoms with Crippen LogP contribution in [0.15, 0.2) is 54.7 Å². The second kappa shape index (κ2) is 10.7. The third-order valence-corrected chi connectivity index (χ3v) is 6.00. The van der Waals surface area contributed by atoms with Crippen LogP contribution in [0, 0.1) is 0 Å². The van der Waals surface area contributed by atoms with Gasteiger partial charge >= 0.3 is 0 Å². The van der Waals surface area contributed by atoms with Crippen LogP contribution in [-0.4, -0.2) is 28.5 Å². The molecule has 0 aliphatic rings. The van der Waals surface area contributed by atoms with Gasteiger partial charge in [-0.15, -0.1) is 0 Å². The van der Waals surface area contributed by atoms with Gasteiger partial charge in [-0.25, -0.2) is 0 Å². The van der Waals surface area contributed by atoms with Crippen LogP contribution in [0.4, 0.5) is 0 Å². The standard InChI is InChI=1S/C23H20Cl3N3O3/c1-27-23(32)15-7-4-14(5-8-15)6-9-20(31)28-12-16-3-2-10-29(16)19-11-18(24)21(25)17(13-30)22(19)26/h2-11,30H,12-13H2,1H3,(H,27,32)(H,28,31)/b9-6+. The number of aliphatic hydroxyl groups is 1. The Labute approximate surface area is 200 Å². The van der Waals surface area contributed by atoms with Crippen molar-refractivity contribution in [1.82, 2.24) is 15.2 Å². The van der Waals surface area contributed by atoms with E-state index < -0.39 is 0 Å². The highest BCUT2D eigenvalue weighted by Gasteiger charge is 2.17. The molecule has 2 aromatic carbocycles. The second-order valence-corrected chi connectivity index (χ2v) is 7.93. The molecule has 0 spiro atoms. The van der Waals surface area contributed by atoms with Crippen molar-refractivity contribution >= 4 is 52.7 Å². The van der Waals surface area contributed by atoms with E-state index in [1.54, 1.807) is 54.2 Å². The minimum atomic E-state index is -0.354. The maximum Gasteiger partial charge on any atom is 0.251 e. The van der Waals surface area contributed by atoms with Crippen molar-refractivity contribution in [2.75, 3.05) is 7.05 Å². The molecule has 9 heteroatoms. The Morgan fingerprint density at radius 2 is 1.81 bits per heavy atom. The summed E-state index contributed by atoms with van der Waals surface area (Å²) in [5.41, 5.74) is 2.97. The number of carbonyl (C=O) groups is 2. The molecule has 0 bridgehead atoms. The van der Waals surface area contributed by atoms with E-state index in [9.17, 15) is 14.7 Å². The Bertz CT molecular complexity index is 1170. The normalized spacial score (nSPS) is 11.0. The molecule has 0 aliphatic carbocycles. The first kappa shape index (κ1) is 23.9. The summed E-state index contributed by atoms with van der Waals surface area (Å²) in [6.45, 7) is -0.121. The smallest absolute Gasteiger partial charge is 0.251 e. The lowest BCUT2D eigenvalue weighted by Gasteiger charge is -2.15. The van der Waals surface area contributed by atoms with Crippen molar-refractivity contribution in [3.8, 4) is 5.69 Å². The highest BCUT2D eigenvalue weighted by molar-refractivity contribution is 6.44. The van der Waals surface area contributed by atoms with Crippen molar-refractivity contribution in [2.45, 2.75) is 13.2 Å². The molecule has 3 aromatic rings. The molecule has 0 aliphatic heterocycles. The van der Waals surface area contributed by atoms with E-state index in [0.717, 1.165) is 11.3 Å². The molecule has 2 amide bonds. The van der Waals surface area contributed by atoms with Gasteiger partial charge in [0, 0.05) is 36.1 Å². The zero-order chi connectivity index (χ0) is 23.3. The van der Waals surface area contributed by atoms with Crippen LogP contribution in [0.2, 0.25) is 15.1 Å². The van der Waals surface area contributed by atoms with Gasteiger partial charge in [0.05, 0.1) is 33.9 Å². The maximum atomic E-state index is 12.3. The second-order valence-electron chi connectivity index (χ2n) is 6.76. The summed E-state index contributed by atoms with van der Waals surface area (Å²) >= 11 is 18.7. The van der Waals surface area contributed by atoms with E-state index in [2.05, 4.69) is 10.6 Å². The number of halogens is 3. The number of hydrogen-bond acceptors (Lipinski definition) is 3. The van der Waals surface area contributed by atoms with Crippen LogP contribution in [0.25, 0.3) is 11.8 Å². The summed E-state index contributed by atoms with van der Waals surface area (Å²) in [5, 5.41) is 15.7. The van der Waals surface area contributed by atoms with Crippen molar-refractivity contribution in [3.05, 3.63) is 92.2 Å². The maximum absolute atomic E-state index is 12.3. The first-order chi connectivity index (χ1) is 15.3. The minimum absolute atomic E-state index is 0.172. The lowest BCUT2D eigenvalue weighted by atomic mass is 10.1. The van der Waals surface area contributed by atoms with Gasteiger partial charge in [-0.3, -0.25) is 9.59 Å². The quantitative estimate of drug-likeness (QED) is 0.332. The molecule has 1 heterocycles. The topological polar surface area (TPSA) is 83.4 Å². The summed E-state index contributed by atoms with van der Waals surface area (Å²) in [6.07, 6.45) is 4.85. The van der Waals surface area contributed by atoms with Crippen molar-refractivity contribution in [1.29, 1.82) is 0 Å². The number of carbonyl (C=O) groups excluding carboxylic acids is 2. The molecule has 3 N–H and O–H groups in total. The molecule has 166 valence electrons. The van der Waals surface area contributed by atoms with Gasteiger partial charge < -0.3 is 20.3 Å². The highest BCUT2D eigenvalue weighted by Crippen LogP contribution is 2.37. The predicted molar refractivity (Wildman–Crippen MR) is 127 cm³/mol. The predicted octanol–water partition coefficient (Wildman–Crippen LogP) is 4.62. The lowest BCUT2D eigenvalue weighted by molar-refractivity contribution is -0.116. The molecule has 0 fully saturated rings. The number of hydrogen-bond donors (Lipinski definition) is 3. The fraction of sp³-hybridized carbons (Fsp3) is 0.130. The van der Waals surface area contributed by atoms with Crippen LogP contribution in [-0.2, 0) is 17.9 Å². The van der Waals surface area contributed by atoms with Gasteiger partial charge in [-0.05, 0) is 42.0 Å². The average molecular weight is 493 g/mol. The summed E-state index contributed by atoms with van der Waals surface area (Å²) < 4.78 is 1.77. The van der Waals surface area contributed by atoms with Crippen LogP contribution >= 0.6 is 34.8 Å². The van der Waals surface area contributed by atoms with Crippen LogP contribution < -0.4 is 10.6 Å². The molecular weight excluding hydrogens is 473 g/mol. The Morgan fingerprint density at radius 3 is 2.47 bits per heavy atom. The molecule has 0 saturated heterocycles. The molecule has 0 atom stereocenters. The van der Waals surface area contributed by atoms with Crippen LogP contribution in [0.1, 0.15) is 27.2 Å². The third kappa shape index (κ3) is 5.34. The molecular formula is C23H20Cl3N3O3. The zero-order valence-electron chi connectivity index (χ0n) is 17.0. The minimum Gasteiger partial charge on any atom is -0.392 e. The van der Waals surface area contributed by atoms with Crippen LogP contribution in [0.5, 0.6) is 0 Å². The summed E-state index contributed by atoms with van der Waals surface area (Å²) in [6, 6.07) is 12.1. The summed E-state index contributed by atoms with van der Waals surface area (Å²) in [4.78, 5) is 23.9. The molecule has 32 heavy (non-hydrogen) atoms. The van der Waals surface area contributed by atoms with E-state index in [1.807, 2.05) is 12.1 Å². The van der Waals surface area contributed by atoms with Crippen molar-refractivity contribution in [3.63, 3.8) is 0 Å². The Kier molecular flexibility index (Phi) is 7.99. The van der Waals surface area contributed by atoms with Gasteiger partial charge in [0.2, 0.25) is 5.91 Å². The molecule has 1 aromatic heterocycles. The van der Waals surface area contributed by atoms with Gasteiger partial charge in [-0.2, -0.15) is 0 Å². The number of aromatic nitrogens is 1. The summed E-state index contributed by atoms with van der Waals surface area (Å²) in [7, 11) is 1.57. The van der Waals surface area contributed by atoms with E-state index in [0.29, 0.717) is 16.8 Å². The SMILES string of the molecule is CNC(=O)c1ccc(/C=C/C(=O)NCc2cccn2-c2cc(Cl)c(Cl)c(CO)c2Cl)cc1. The van der Waals surface area contributed by atoms with Gasteiger partial charge in [0.25, 0.3) is 5.91 Å². The largest absolute Gasteiger partial charge is 0.392 e. The molecule has 0 radical (unpaired) electrons. The van der Waals surface area contributed by atoms with Crippen molar-refractivity contribution in [2.24, 2.45) is 0 Å². The van der Waals surface area contributed by atoms with Gasteiger partial charge in [0.1, 0.15) is 0 Å². The number of aliphatic hydroxyl groups excluding tert-OH is 1. The zero-order valence-corrected chi connectivity index (χ0v) is 19.3. The Hall–Kier alpha value is -2.77. The fourth-order valence-electron chi connectivity index (χ4n) is 3.05. The highest BCUT2D eigenvalue weighted by atomic mass is 35.5. The summed E-state index contributed by atoms with van der Waals surface area (Å²) in [5.74, 6) is -0.459. The number of amides is 2.